The maximum absolute atomic E-state index is 11.6. The van der Waals surface area contributed by atoms with Crippen molar-refractivity contribution in [2.45, 2.75) is 19.4 Å². The molecule has 0 radical (unpaired) electrons. The quantitative estimate of drug-likeness (QED) is 0.809. The van der Waals surface area contributed by atoms with Crippen LogP contribution in [0.3, 0.4) is 0 Å². The number of carbonyl (C=O) groups is 1. The second-order valence-corrected chi connectivity index (χ2v) is 4.54. The molecule has 1 amide bonds. The number of aliphatic hydroxyl groups is 1. The Labute approximate surface area is 117 Å². The first-order valence-corrected chi connectivity index (χ1v) is 6.50. The molecule has 1 atom stereocenters. The van der Waals surface area contributed by atoms with Crippen molar-refractivity contribution in [2.24, 2.45) is 0 Å². The van der Waals surface area contributed by atoms with E-state index < -0.39 is 0 Å². The zero-order chi connectivity index (χ0) is 14.4. The summed E-state index contributed by atoms with van der Waals surface area (Å²) in [5, 5.41) is 11.5. The van der Waals surface area contributed by atoms with Crippen molar-refractivity contribution in [1.82, 2.24) is 15.3 Å². The first kappa shape index (κ1) is 14.1. The van der Waals surface area contributed by atoms with Crippen LogP contribution in [0.1, 0.15) is 19.0 Å². The van der Waals surface area contributed by atoms with Crippen LogP contribution in [0.5, 0.6) is 0 Å². The molecule has 0 saturated carbocycles. The number of benzene rings is 1. The van der Waals surface area contributed by atoms with Gasteiger partial charge in [-0.1, -0.05) is 12.1 Å². The Morgan fingerprint density at radius 3 is 2.90 bits per heavy atom. The van der Waals surface area contributed by atoms with Crippen LogP contribution in [0.15, 0.2) is 36.5 Å². The van der Waals surface area contributed by atoms with Crippen molar-refractivity contribution < 1.29 is 9.90 Å². The van der Waals surface area contributed by atoms with Gasteiger partial charge in [-0.25, -0.2) is 4.98 Å². The average Bonchev–Trinajstić information content (AvgIpc) is 2.45. The molecular weight excluding hydrogens is 254 g/mol. The molecule has 2 aromatic rings. The second kappa shape index (κ2) is 6.77. The van der Waals surface area contributed by atoms with Crippen molar-refractivity contribution in [3.63, 3.8) is 0 Å². The molecule has 1 aromatic heterocycles. The number of amides is 1. The van der Waals surface area contributed by atoms with E-state index in [1.54, 1.807) is 12.3 Å². The number of aliphatic hydroxyl groups excluding tert-OH is 1. The van der Waals surface area contributed by atoms with Gasteiger partial charge in [0.15, 0.2) is 0 Å². The van der Waals surface area contributed by atoms with Crippen molar-refractivity contribution >= 4 is 23.0 Å². The number of para-hydroxylation sites is 2. The summed E-state index contributed by atoms with van der Waals surface area (Å²) in [6, 6.07) is 7.51. The Balaban J connectivity index is 2.03. The lowest BCUT2D eigenvalue weighted by Gasteiger charge is -2.09. The van der Waals surface area contributed by atoms with E-state index in [-0.39, 0.29) is 18.6 Å². The van der Waals surface area contributed by atoms with Gasteiger partial charge in [0.1, 0.15) is 0 Å². The fraction of sp³-hybridized carbons (Fsp3) is 0.267. The van der Waals surface area contributed by atoms with E-state index >= 15 is 0 Å². The fourth-order valence-corrected chi connectivity index (χ4v) is 1.77. The summed E-state index contributed by atoms with van der Waals surface area (Å²) in [7, 11) is 0. The van der Waals surface area contributed by atoms with Crippen LogP contribution in [0.2, 0.25) is 0 Å². The summed E-state index contributed by atoms with van der Waals surface area (Å²) in [5.74, 6) is -0.207. The van der Waals surface area contributed by atoms with Gasteiger partial charge >= 0.3 is 0 Å². The van der Waals surface area contributed by atoms with Gasteiger partial charge in [-0.15, -0.1) is 0 Å². The molecule has 0 saturated heterocycles. The van der Waals surface area contributed by atoms with Crippen LogP contribution in [0, 0.1) is 0 Å². The Morgan fingerprint density at radius 2 is 2.15 bits per heavy atom. The summed E-state index contributed by atoms with van der Waals surface area (Å²) in [6.45, 7) is 1.90. The maximum atomic E-state index is 11.6. The Kier molecular flexibility index (Phi) is 4.79. The van der Waals surface area contributed by atoms with Gasteiger partial charge in [-0.3, -0.25) is 9.78 Å². The van der Waals surface area contributed by atoms with E-state index in [0.29, 0.717) is 12.1 Å². The highest BCUT2D eigenvalue weighted by Gasteiger charge is 2.03. The zero-order valence-corrected chi connectivity index (χ0v) is 11.3. The number of fused-ring (bicyclic) bond motifs is 1. The molecule has 0 spiro atoms. The molecule has 104 valence electrons. The van der Waals surface area contributed by atoms with E-state index in [1.807, 2.05) is 31.2 Å². The molecule has 20 heavy (non-hydrogen) atoms. The highest BCUT2D eigenvalue weighted by molar-refractivity contribution is 5.91. The molecule has 5 nitrogen and oxygen atoms in total. The van der Waals surface area contributed by atoms with Crippen molar-refractivity contribution in [2.75, 3.05) is 6.61 Å². The van der Waals surface area contributed by atoms with Gasteiger partial charge in [-0.05, 0) is 31.6 Å². The molecule has 0 aliphatic rings. The van der Waals surface area contributed by atoms with Crippen LogP contribution in [-0.2, 0) is 4.79 Å². The smallest absolute Gasteiger partial charge is 0.244 e. The average molecular weight is 271 g/mol. The molecule has 1 aromatic carbocycles. The SMILES string of the molecule is CC(CCO)NC(=O)/C=C/c1cnc2ccccc2n1. The number of hydrogen-bond donors (Lipinski definition) is 2. The summed E-state index contributed by atoms with van der Waals surface area (Å²) in [5.41, 5.74) is 2.25. The van der Waals surface area contributed by atoms with Gasteiger partial charge in [0.2, 0.25) is 5.91 Å². The van der Waals surface area contributed by atoms with Crippen LogP contribution in [0.4, 0.5) is 0 Å². The van der Waals surface area contributed by atoms with E-state index in [9.17, 15) is 4.79 Å². The second-order valence-electron chi connectivity index (χ2n) is 4.54. The van der Waals surface area contributed by atoms with Crippen LogP contribution in [-0.4, -0.2) is 33.6 Å². The minimum Gasteiger partial charge on any atom is -0.396 e. The molecule has 1 heterocycles. The lowest BCUT2D eigenvalue weighted by Crippen LogP contribution is -2.31. The van der Waals surface area contributed by atoms with E-state index in [2.05, 4.69) is 15.3 Å². The topological polar surface area (TPSA) is 75.1 Å². The molecule has 0 fully saturated rings. The van der Waals surface area contributed by atoms with E-state index in [0.717, 1.165) is 11.0 Å². The van der Waals surface area contributed by atoms with Gasteiger partial charge in [0.25, 0.3) is 0 Å². The Bertz CT molecular complexity index is 625. The van der Waals surface area contributed by atoms with Crippen molar-refractivity contribution in [1.29, 1.82) is 0 Å². The lowest BCUT2D eigenvalue weighted by atomic mass is 10.2. The minimum absolute atomic E-state index is 0.0557. The van der Waals surface area contributed by atoms with Gasteiger partial charge in [0, 0.05) is 18.7 Å². The van der Waals surface area contributed by atoms with E-state index in [4.69, 9.17) is 5.11 Å². The maximum Gasteiger partial charge on any atom is 0.244 e. The molecule has 1 unspecified atom stereocenters. The van der Waals surface area contributed by atoms with E-state index in [1.165, 1.54) is 6.08 Å². The molecule has 2 N–H and O–H groups in total. The highest BCUT2D eigenvalue weighted by Crippen LogP contribution is 2.09. The van der Waals surface area contributed by atoms with Crippen molar-refractivity contribution in [3.8, 4) is 0 Å². The summed E-state index contributed by atoms with van der Waals surface area (Å²) in [6.07, 6.45) is 5.21. The fourth-order valence-electron chi connectivity index (χ4n) is 1.77. The largest absolute Gasteiger partial charge is 0.396 e. The monoisotopic (exact) mass is 271 g/mol. The predicted octanol–water partition coefficient (Wildman–Crippen LogP) is 1.53. The normalized spacial score (nSPS) is 12.7. The Hall–Kier alpha value is -2.27. The number of carbonyl (C=O) groups excluding carboxylic acids is 1. The summed E-state index contributed by atoms with van der Waals surface area (Å²) in [4.78, 5) is 20.3. The molecule has 0 aliphatic carbocycles. The standard InChI is InChI=1S/C15H17N3O2/c1-11(8-9-19)17-15(20)7-6-12-10-16-13-4-2-3-5-14(13)18-12/h2-7,10-11,19H,8-9H2,1H3,(H,17,20)/b7-6+. The number of nitrogens with zero attached hydrogens (tertiary/aromatic N) is 2. The third-order valence-corrected chi connectivity index (χ3v) is 2.82. The number of rotatable bonds is 5. The Morgan fingerprint density at radius 1 is 1.40 bits per heavy atom. The van der Waals surface area contributed by atoms with Crippen molar-refractivity contribution in [3.05, 3.63) is 42.2 Å². The number of aromatic nitrogens is 2. The summed E-state index contributed by atoms with van der Waals surface area (Å²) < 4.78 is 0. The van der Waals surface area contributed by atoms with Crippen LogP contribution < -0.4 is 5.32 Å². The summed E-state index contributed by atoms with van der Waals surface area (Å²) >= 11 is 0. The predicted molar refractivity (Wildman–Crippen MR) is 77.9 cm³/mol. The first-order valence-electron chi connectivity index (χ1n) is 6.50. The molecule has 0 aliphatic heterocycles. The zero-order valence-electron chi connectivity index (χ0n) is 11.3. The minimum atomic E-state index is -0.207. The van der Waals surface area contributed by atoms with Gasteiger partial charge < -0.3 is 10.4 Å². The van der Waals surface area contributed by atoms with Crippen LogP contribution >= 0.6 is 0 Å². The highest BCUT2D eigenvalue weighted by atomic mass is 16.3. The molecule has 2 rings (SSSR count). The third-order valence-electron chi connectivity index (χ3n) is 2.82. The first-order chi connectivity index (χ1) is 9.69. The van der Waals surface area contributed by atoms with Crippen LogP contribution in [0.25, 0.3) is 17.1 Å². The molecule has 5 heteroatoms. The third kappa shape index (κ3) is 3.86. The molecule has 0 bridgehead atoms. The number of nitrogens with one attached hydrogen (secondary N) is 1. The molecular formula is C15H17N3O2. The van der Waals surface area contributed by atoms with Gasteiger partial charge in [0.05, 0.1) is 22.9 Å². The number of hydrogen-bond acceptors (Lipinski definition) is 4. The lowest BCUT2D eigenvalue weighted by molar-refractivity contribution is -0.117. The van der Waals surface area contributed by atoms with Gasteiger partial charge in [-0.2, -0.15) is 0 Å².